The van der Waals surface area contributed by atoms with Gasteiger partial charge in [-0.05, 0) is 35.0 Å². The van der Waals surface area contributed by atoms with Crippen LogP contribution in [0.4, 0.5) is 8.78 Å². The molecule has 96 valence electrons. The first-order valence-electron chi connectivity index (χ1n) is 4.93. The molecule has 0 bridgehead atoms. The number of halogens is 5. The molecule has 17 heavy (non-hydrogen) atoms. The van der Waals surface area contributed by atoms with E-state index >= 15 is 0 Å². The molecular weight excluding hydrogens is 335 g/mol. The molecule has 0 unspecified atom stereocenters. The zero-order valence-corrected chi connectivity index (χ0v) is 12.3. The summed E-state index contributed by atoms with van der Waals surface area (Å²) in [5, 5.41) is 2.96. The van der Waals surface area contributed by atoms with Crippen molar-refractivity contribution in [3.63, 3.8) is 0 Å². The predicted molar refractivity (Wildman–Crippen MR) is 70.7 cm³/mol. The van der Waals surface area contributed by atoms with E-state index in [1.807, 2.05) is 0 Å². The molecule has 0 fully saturated rings. The van der Waals surface area contributed by atoms with Gasteiger partial charge in [0.25, 0.3) is 0 Å². The Kier molecular flexibility index (Phi) is 5.64. The van der Waals surface area contributed by atoms with Crippen molar-refractivity contribution in [1.82, 2.24) is 5.32 Å². The number of nitrogens with one attached hydrogen (secondary N) is 1. The van der Waals surface area contributed by atoms with Gasteiger partial charge in [0.1, 0.15) is 11.6 Å². The van der Waals surface area contributed by atoms with Gasteiger partial charge in [0.2, 0.25) is 0 Å². The lowest BCUT2D eigenvalue weighted by Gasteiger charge is -2.26. The number of rotatable bonds is 5. The molecule has 1 nitrogen and oxygen atoms in total. The van der Waals surface area contributed by atoms with Crippen molar-refractivity contribution < 1.29 is 8.78 Å². The molecule has 0 aliphatic rings. The zero-order chi connectivity index (χ0) is 13.1. The Bertz CT molecular complexity index is 397. The molecule has 0 aliphatic heterocycles. The lowest BCUT2D eigenvalue weighted by atomic mass is 10.1. The molecule has 1 aromatic rings. The molecule has 0 spiro atoms. The summed E-state index contributed by atoms with van der Waals surface area (Å²) in [6.45, 7) is 1.83. The van der Waals surface area contributed by atoms with Crippen LogP contribution >= 0.6 is 39.1 Å². The molecule has 0 heterocycles. The highest BCUT2D eigenvalue weighted by molar-refractivity contribution is 9.10. The van der Waals surface area contributed by atoms with Crippen LogP contribution in [-0.4, -0.2) is 17.3 Å². The normalized spacial score (nSPS) is 11.9. The molecule has 0 atom stereocenters. The van der Waals surface area contributed by atoms with E-state index in [4.69, 9.17) is 23.2 Å². The standard InChI is InChI=1S/C11H12BrCl2F2N/c1-11(5-13,6-14)17-4-7-9(15)3-2-8(12)10(7)16/h2-3,17H,4-6H2,1H3. The number of hydrogen-bond donors (Lipinski definition) is 1. The summed E-state index contributed by atoms with van der Waals surface area (Å²) in [5.74, 6) is -0.685. The van der Waals surface area contributed by atoms with Gasteiger partial charge < -0.3 is 5.32 Å². The Hall–Kier alpha value is 0.1000. The van der Waals surface area contributed by atoms with Crippen molar-refractivity contribution in [2.75, 3.05) is 11.8 Å². The third-order valence-corrected chi connectivity index (χ3v) is 4.21. The van der Waals surface area contributed by atoms with Crippen molar-refractivity contribution in [3.8, 4) is 0 Å². The average molecular weight is 347 g/mol. The number of alkyl halides is 2. The van der Waals surface area contributed by atoms with E-state index in [-0.39, 0.29) is 28.3 Å². The van der Waals surface area contributed by atoms with Gasteiger partial charge in [-0.3, -0.25) is 0 Å². The lowest BCUT2D eigenvalue weighted by Crippen LogP contribution is -2.45. The summed E-state index contributed by atoms with van der Waals surface area (Å²) in [6, 6.07) is 2.54. The highest BCUT2D eigenvalue weighted by atomic mass is 79.9. The van der Waals surface area contributed by atoms with Crippen LogP contribution < -0.4 is 5.32 Å². The molecule has 1 aromatic carbocycles. The maximum absolute atomic E-state index is 13.7. The zero-order valence-electron chi connectivity index (χ0n) is 9.17. The van der Waals surface area contributed by atoms with Gasteiger partial charge >= 0.3 is 0 Å². The largest absolute Gasteiger partial charge is 0.305 e. The summed E-state index contributed by atoms with van der Waals surface area (Å²) in [6.07, 6.45) is 0. The smallest absolute Gasteiger partial charge is 0.144 e. The SMILES string of the molecule is CC(CCl)(CCl)NCc1c(F)ccc(Br)c1F. The number of benzene rings is 1. The maximum atomic E-state index is 13.7. The minimum absolute atomic E-state index is 0.0270. The monoisotopic (exact) mass is 345 g/mol. The molecule has 0 amide bonds. The van der Waals surface area contributed by atoms with Crippen LogP contribution in [0.2, 0.25) is 0 Å². The highest BCUT2D eigenvalue weighted by Crippen LogP contribution is 2.22. The summed E-state index contributed by atoms with van der Waals surface area (Å²) in [4.78, 5) is 0. The minimum Gasteiger partial charge on any atom is -0.305 e. The second kappa shape index (κ2) is 6.32. The van der Waals surface area contributed by atoms with E-state index < -0.39 is 17.2 Å². The molecule has 0 saturated carbocycles. The Morgan fingerprint density at radius 3 is 2.41 bits per heavy atom. The molecule has 0 aliphatic carbocycles. The van der Waals surface area contributed by atoms with Crippen LogP contribution in [0.15, 0.2) is 16.6 Å². The average Bonchev–Trinajstić information content (AvgIpc) is 2.33. The molecular formula is C11H12BrCl2F2N. The Balaban J connectivity index is 2.86. The highest BCUT2D eigenvalue weighted by Gasteiger charge is 2.23. The fraction of sp³-hybridized carbons (Fsp3) is 0.455. The van der Waals surface area contributed by atoms with Gasteiger partial charge in [-0.15, -0.1) is 23.2 Å². The van der Waals surface area contributed by atoms with E-state index in [9.17, 15) is 8.78 Å². The van der Waals surface area contributed by atoms with Crippen LogP contribution in [0, 0.1) is 11.6 Å². The second-order valence-corrected chi connectivity index (χ2v) is 5.39. The van der Waals surface area contributed by atoms with E-state index in [1.54, 1.807) is 6.92 Å². The topological polar surface area (TPSA) is 12.0 Å². The molecule has 0 saturated heterocycles. The van der Waals surface area contributed by atoms with Gasteiger partial charge in [-0.25, -0.2) is 8.78 Å². The quantitative estimate of drug-likeness (QED) is 0.626. The predicted octanol–water partition coefficient (Wildman–Crippen LogP) is 4.05. The third kappa shape index (κ3) is 3.78. The first kappa shape index (κ1) is 15.2. The van der Waals surface area contributed by atoms with Crippen LogP contribution in [0.3, 0.4) is 0 Å². The van der Waals surface area contributed by atoms with Crippen molar-refractivity contribution in [2.45, 2.75) is 19.0 Å². The Morgan fingerprint density at radius 1 is 1.29 bits per heavy atom. The summed E-state index contributed by atoms with van der Waals surface area (Å²) in [5.41, 5.74) is -0.578. The van der Waals surface area contributed by atoms with Crippen LogP contribution in [-0.2, 0) is 6.54 Å². The van der Waals surface area contributed by atoms with Crippen molar-refractivity contribution in [3.05, 3.63) is 33.8 Å². The Labute approximate surface area is 118 Å². The first-order chi connectivity index (χ1) is 7.93. The van der Waals surface area contributed by atoms with E-state index in [0.717, 1.165) is 0 Å². The molecule has 0 radical (unpaired) electrons. The summed E-state index contributed by atoms with van der Waals surface area (Å²) in [7, 11) is 0. The second-order valence-electron chi connectivity index (χ2n) is 4.00. The van der Waals surface area contributed by atoms with Crippen LogP contribution in [0.5, 0.6) is 0 Å². The van der Waals surface area contributed by atoms with Crippen molar-refractivity contribution in [1.29, 1.82) is 0 Å². The number of hydrogen-bond acceptors (Lipinski definition) is 1. The van der Waals surface area contributed by atoms with E-state index in [0.29, 0.717) is 0 Å². The minimum atomic E-state index is -0.607. The molecule has 1 N–H and O–H groups in total. The Morgan fingerprint density at radius 2 is 1.88 bits per heavy atom. The lowest BCUT2D eigenvalue weighted by molar-refractivity contribution is 0.419. The summed E-state index contributed by atoms with van der Waals surface area (Å²) >= 11 is 14.5. The fourth-order valence-corrected chi connectivity index (χ4v) is 2.01. The van der Waals surface area contributed by atoms with Crippen LogP contribution in [0.1, 0.15) is 12.5 Å². The molecule has 0 aromatic heterocycles. The molecule has 6 heteroatoms. The fourth-order valence-electron chi connectivity index (χ4n) is 1.16. The van der Waals surface area contributed by atoms with Crippen LogP contribution in [0.25, 0.3) is 0 Å². The van der Waals surface area contributed by atoms with Gasteiger partial charge in [0.15, 0.2) is 0 Å². The van der Waals surface area contributed by atoms with Crippen molar-refractivity contribution >= 4 is 39.1 Å². The van der Waals surface area contributed by atoms with Gasteiger partial charge in [0.05, 0.1) is 4.47 Å². The van der Waals surface area contributed by atoms with E-state index in [1.165, 1.54) is 12.1 Å². The summed E-state index contributed by atoms with van der Waals surface area (Å²) < 4.78 is 27.3. The third-order valence-electron chi connectivity index (χ3n) is 2.42. The van der Waals surface area contributed by atoms with Crippen molar-refractivity contribution in [2.24, 2.45) is 0 Å². The first-order valence-corrected chi connectivity index (χ1v) is 6.79. The maximum Gasteiger partial charge on any atom is 0.144 e. The van der Waals surface area contributed by atoms with E-state index in [2.05, 4.69) is 21.2 Å². The van der Waals surface area contributed by atoms with Gasteiger partial charge in [-0.1, -0.05) is 0 Å². The van der Waals surface area contributed by atoms with Gasteiger partial charge in [-0.2, -0.15) is 0 Å². The molecule has 1 rings (SSSR count). The van der Waals surface area contributed by atoms with Gasteiger partial charge in [0, 0.05) is 29.4 Å².